The van der Waals surface area contributed by atoms with Crippen molar-refractivity contribution in [1.29, 1.82) is 0 Å². The van der Waals surface area contributed by atoms with Crippen LogP contribution in [-0.4, -0.2) is 30.2 Å². The Morgan fingerprint density at radius 2 is 2.16 bits per heavy atom. The summed E-state index contributed by atoms with van der Waals surface area (Å²) < 4.78 is 0. The smallest absolute Gasteiger partial charge is 0.128 e. The summed E-state index contributed by atoms with van der Waals surface area (Å²) in [5.41, 5.74) is 1.44. The molecular formula is C16H27N3. The molecule has 1 aliphatic heterocycles. The fraction of sp³-hybridized carbons (Fsp3) is 0.688. The van der Waals surface area contributed by atoms with E-state index in [9.17, 15) is 0 Å². The lowest BCUT2D eigenvalue weighted by atomic mass is 9.96. The Morgan fingerprint density at radius 3 is 2.79 bits per heavy atom. The molecule has 1 aromatic rings. The fourth-order valence-electron chi connectivity index (χ4n) is 2.54. The summed E-state index contributed by atoms with van der Waals surface area (Å²) in [5.74, 6) is 1.86. The zero-order valence-corrected chi connectivity index (χ0v) is 12.7. The van der Waals surface area contributed by atoms with Crippen LogP contribution in [0.1, 0.15) is 39.2 Å². The summed E-state index contributed by atoms with van der Waals surface area (Å²) in [7, 11) is 0. The number of nitrogens with one attached hydrogen (secondary N) is 1. The largest absolute Gasteiger partial charge is 0.356 e. The Balaban J connectivity index is 1.91. The Labute approximate surface area is 117 Å². The van der Waals surface area contributed by atoms with Gasteiger partial charge in [-0.2, -0.15) is 0 Å². The number of hydrogen-bond acceptors (Lipinski definition) is 3. The predicted octanol–water partition coefficient (Wildman–Crippen LogP) is 2.99. The molecule has 0 spiro atoms. The second-order valence-electron chi connectivity index (χ2n) is 6.78. The number of nitrogens with zero attached hydrogens (tertiary/aromatic N) is 2. The molecule has 0 amide bonds. The number of aromatic nitrogens is 1. The molecule has 1 aromatic heterocycles. The lowest BCUT2D eigenvalue weighted by Crippen LogP contribution is -2.44. The predicted molar refractivity (Wildman–Crippen MR) is 81.7 cm³/mol. The van der Waals surface area contributed by atoms with E-state index in [-0.39, 0.29) is 5.54 Å². The van der Waals surface area contributed by atoms with Crippen molar-refractivity contribution in [2.45, 2.75) is 46.1 Å². The van der Waals surface area contributed by atoms with Crippen molar-refractivity contribution in [3.8, 4) is 0 Å². The minimum absolute atomic E-state index is 0.213. The Morgan fingerprint density at radius 1 is 1.37 bits per heavy atom. The molecule has 3 nitrogen and oxygen atoms in total. The van der Waals surface area contributed by atoms with Crippen LogP contribution >= 0.6 is 0 Å². The van der Waals surface area contributed by atoms with Gasteiger partial charge in [0.1, 0.15) is 5.82 Å². The highest BCUT2D eigenvalue weighted by atomic mass is 15.2. The van der Waals surface area contributed by atoms with Gasteiger partial charge in [0.05, 0.1) is 0 Å². The maximum atomic E-state index is 4.55. The summed E-state index contributed by atoms with van der Waals surface area (Å²) in [6.07, 6.45) is 4.56. The van der Waals surface area contributed by atoms with Crippen LogP contribution in [0.25, 0.3) is 0 Å². The first-order valence-electron chi connectivity index (χ1n) is 7.37. The quantitative estimate of drug-likeness (QED) is 0.906. The molecule has 0 aromatic carbocycles. The van der Waals surface area contributed by atoms with Gasteiger partial charge in [-0.25, -0.2) is 4.98 Å². The number of anilines is 1. The van der Waals surface area contributed by atoms with Gasteiger partial charge in [0.2, 0.25) is 0 Å². The van der Waals surface area contributed by atoms with Crippen molar-refractivity contribution in [2.24, 2.45) is 5.92 Å². The van der Waals surface area contributed by atoms with Gasteiger partial charge in [-0.15, -0.1) is 0 Å². The molecule has 19 heavy (non-hydrogen) atoms. The van der Waals surface area contributed by atoms with Crippen LogP contribution in [0.2, 0.25) is 0 Å². The zero-order chi connectivity index (χ0) is 13.9. The van der Waals surface area contributed by atoms with Gasteiger partial charge in [0, 0.05) is 31.4 Å². The molecule has 1 unspecified atom stereocenters. The summed E-state index contributed by atoms with van der Waals surface area (Å²) in [6.45, 7) is 12.1. The summed E-state index contributed by atoms with van der Waals surface area (Å²) in [4.78, 5) is 6.98. The van der Waals surface area contributed by atoms with Gasteiger partial charge in [0.15, 0.2) is 0 Å². The van der Waals surface area contributed by atoms with E-state index in [0.717, 1.165) is 31.4 Å². The van der Waals surface area contributed by atoms with Crippen molar-refractivity contribution in [3.63, 3.8) is 0 Å². The molecule has 3 heteroatoms. The number of hydrogen-bond donors (Lipinski definition) is 1. The Kier molecular flexibility index (Phi) is 4.46. The van der Waals surface area contributed by atoms with E-state index in [4.69, 9.17) is 0 Å². The average molecular weight is 261 g/mol. The number of pyridine rings is 1. The normalized spacial score (nSPS) is 20.6. The average Bonchev–Trinajstić information content (AvgIpc) is 2.37. The fourth-order valence-corrected chi connectivity index (χ4v) is 2.54. The molecule has 2 heterocycles. The third-order valence-corrected chi connectivity index (χ3v) is 3.66. The molecule has 1 N–H and O–H groups in total. The molecule has 0 aliphatic carbocycles. The van der Waals surface area contributed by atoms with Crippen molar-refractivity contribution >= 4 is 5.82 Å². The van der Waals surface area contributed by atoms with Crippen LogP contribution in [0, 0.1) is 12.8 Å². The number of aryl methyl sites for hydroxylation is 1. The van der Waals surface area contributed by atoms with Crippen LogP contribution in [-0.2, 0) is 0 Å². The molecule has 1 fully saturated rings. The number of rotatable bonds is 3. The molecule has 0 bridgehead atoms. The Hall–Kier alpha value is -1.09. The van der Waals surface area contributed by atoms with Gasteiger partial charge in [-0.05, 0) is 58.1 Å². The van der Waals surface area contributed by atoms with Crippen LogP contribution < -0.4 is 10.2 Å². The van der Waals surface area contributed by atoms with Crippen molar-refractivity contribution < 1.29 is 0 Å². The number of piperidine rings is 1. The van der Waals surface area contributed by atoms with E-state index >= 15 is 0 Å². The molecule has 2 rings (SSSR count). The van der Waals surface area contributed by atoms with Crippen LogP contribution in [0.3, 0.4) is 0 Å². The molecule has 1 saturated heterocycles. The van der Waals surface area contributed by atoms with E-state index in [0.29, 0.717) is 0 Å². The van der Waals surface area contributed by atoms with Crippen molar-refractivity contribution in [2.75, 3.05) is 24.5 Å². The van der Waals surface area contributed by atoms with Crippen molar-refractivity contribution in [3.05, 3.63) is 23.9 Å². The molecule has 0 radical (unpaired) electrons. The third-order valence-electron chi connectivity index (χ3n) is 3.66. The monoisotopic (exact) mass is 261 g/mol. The molecule has 106 valence electrons. The SMILES string of the molecule is Cc1ccc(N2CCCC(CNC(C)(C)C)C2)nc1. The topological polar surface area (TPSA) is 28.2 Å². The highest BCUT2D eigenvalue weighted by Gasteiger charge is 2.22. The lowest BCUT2D eigenvalue weighted by molar-refractivity contribution is 0.335. The summed E-state index contributed by atoms with van der Waals surface area (Å²) in [5, 5.41) is 3.63. The minimum atomic E-state index is 0.213. The highest BCUT2D eigenvalue weighted by molar-refractivity contribution is 5.39. The van der Waals surface area contributed by atoms with Gasteiger partial charge in [-0.3, -0.25) is 0 Å². The first-order chi connectivity index (χ1) is 8.94. The van der Waals surface area contributed by atoms with Gasteiger partial charge in [-0.1, -0.05) is 6.07 Å². The second-order valence-corrected chi connectivity index (χ2v) is 6.78. The van der Waals surface area contributed by atoms with Crippen LogP contribution in [0.4, 0.5) is 5.82 Å². The molecule has 0 saturated carbocycles. The van der Waals surface area contributed by atoms with Gasteiger partial charge in [0.25, 0.3) is 0 Å². The first kappa shape index (κ1) is 14.3. The first-order valence-corrected chi connectivity index (χ1v) is 7.37. The molecule has 1 atom stereocenters. The van der Waals surface area contributed by atoms with Gasteiger partial charge < -0.3 is 10.2 Å². The maximum Gasteiger partial charge on any atom is 0.128 e. The zero-order valence-electron chi connectivity index (χ0n) is 12.7. The second kappa shape index (κ2) is 5.91. The van der Waals surface area contributed by atoms with Crippen molar-refractivity contribution in [1.82, 2.24) is 10.3 Å². The summed E-state index contributed by atoms with van der Waals surface area (Å²) >= 11 is 0. The standard InChI is InChI=1S/C16H27N3/c1-13-7-8-15(17-10-13)19-9-5-6-14(12-19)11-18-16(2,3)4/h7-8,10,14,18H,5-6,9,11-12H2,1-4H3. The van der Waals surface area contributed by atoms with E-state index in [1.165, 1.54) is 18.4 Å². The van der Waals surface area contributed by atoms with Crippen LogP contribution in [0.5, 0.6) is 0 Å². The maximum absolute atomic E-state index is 4.55. The Bertz CT molecular complexity index is 391. The molecular weight excluding hydrogens is 234 g/mol. The third kappa shape index (κ3) is 4.50. The summed E-state index contributed by atoms with van der Waals surface area (Å²) in [6, 6.07) is 4.30. The van der Waals surface area contributed by atoms with E-state index in [1.54, 1.807) is 0 Å². The van der Waals surface area contributed by atoms with Crippen LogP contribution in [0.15, 0.2) is 18.3 Å². The minimum Gasteiger partial charge on any atom is -0.356 e. The highest BCUT2D eigenvalue weighted by Crippen LogP contribution is 2.21. The molecule has 1 aliphatic rings. The lowest BCUT2D eigenvalue weighted by Gasteiger charge is -2.35. The van der Waals surface area contributed by atoms with Gasteiger partial charge >= 0.3 is 0 Å². The van der Waals surface area contributed by atoms with E-state index < -0.39 is 0 Å². The van der Waals surface area contributed by atoms with E-state index in [1.807, 2.05) is 6.20 Å². The van der Waals surface area contributed by atoms with E-state index in [2.05, 4.69) is 55.0 Å².